The molecule has 1 fully saturated rings. The molecule has 7 nitrogen and oxygen atoms in total. The molecule has 2 aromatic rings. The van der Waals surface area contributed by atoms with E-state index in [-0.39, 0.29) is 18.5 Å². The van der Waals surface area contributed by atoms with Crippen LogP contribution in [0.3, 0.4) is 0 Å². The molecule has 2 amide bonds. The van der Waals surface area contributed by atoms with Crippen molar-refractivity contribution in [3.63, 3.8) is 0 Å². The maximum atomic E-state index is 13.5. The number of carbonyl (C=O) groups is 2. The summed E-state index contributed by atoms with van der Waals surface area (Å²) in [5.41, 5.74) is 1.21. The van der Waals surface area contributed by atoms with Crippen molar-refractivity contribution >= 4 is 59.4 Å². The topological polar surface area (TPSA) is 86.8 Å². The summed E-state index contributed by atoms with van der Waals surface area (Å²) < 4.78 is 27.9. The van der Waals surface area contributed by atoms with Gasteiger partial charge < -0.3 is 10.2 Å². The second-order valence-electron chi connectivity index (χ2n) is 8.56. The van der Waals surface area contributed by atoms with Crippen LogP contribution >= 0.6 is 31.9 Å². The van der Waals surface area contributed by atoms with Crippen molar-refractivity contribution in [3.05, 3.63) is 63.0 Å². The summed E-state index contributed by atoms with van der Waals surface area (Å²) >= 11 is 6.78. The van der Waals surface area contributed by atoms with Crippen LogP contribution in [0.1, 0.15) is 38.2 Å². The normalized spacial score (nSPS) is 15.1. The smallest absolute Gasteiger partial charge is 0.244 e. The summed E-state index contributed by atoms with van der Waals surface area (Å²) in [6.45, 7) is 1.45. The van der Waals surface area contributed by atoms with Crippen molar-refractivity contribution in [1.82, 2.24) is 10.2 Å². The van der Waals surface area contributed by atoms with Crippen LogP contribution in [-0.4, -0.2) is 50.0 Å². The number of nitrogens with one attached hydrogen (secondary N) is 1. The highest BCUT2D eigenvalue weighted by atomic mass is 79.9. The van der Waals surface area contributed by atoms with Crippen LogP contribution in [0.5, 0.6) is 0 Å². The Morgan fingerprint density at radius 3 is 2.29 bits per heavy atom. The van der Waals surface area contributed by atoms with Gasteiger partial charge in [-0.25, -0.2) is 8.42 Å². The molecule has 0 spiro atoms. The van der Waals surface area contributed by atoms with Crippen molar-refractivity contribution in [2.75, 3.05) is 17.1 Å². The van der Waals surface area contributed by atoms with E-state index in [0.717, 1.165) is 50.8 Å². The summed E-state index contributed by atoms with van der Waals surface area (Å²) in [5.74, 6) is -0.688. The summed E-state index contributed by atoms with van der Waals surface area (Å²) in [4.78, 5) is 28.0. The number of hydrogen-bond acceptors (Lipinski definition) is 4. The van der Waals surface area contributed by atoms with E-state index in [0.29, 0.717) is 5.69 Å². The maximum Gasteiger partial charge on any atom is 0.244 e. The lowest BCUT2D eigenvalue weighted by molar-refractivity contribution is -0.139. The Kier molecular flexibility index (Phi) is 9.17. The van der Waals surface area contributed by atoms with Gasteiger partial charge in [0.05, 0.1) is 11.9 Å². The lowest BCUT2D eigenvalue weighted by Crippen LogP contribution is -2.52. The molecule has 1 aliphatic carbocycles. The molecular formula is C24H29Br2N3O4S. The van der Waals surface area contributed by atoms with Crippen LogP contribution in [-0.2, 0) is 26.2 Å². The van der Waals surface area contributed by atoms with Gasteiger partial charge in [0.1, 0.15) is 12.6 Å². The average Bonchev–Trinajstić information content (AvgIpc) is 3.28. The Morgan fingerprint density at radius 1 is 1.06 bits per heavy atom. The number of halogens is 2. The highest BCUT2D eigenvalue weighted by molar-refractivity contribution is 9.10. The van der Waals surface area contributed by atoms with Gasteiger partial charge in [0.25, 0.3) is 0 Å². The van der Waals surface area contributed by atoms with E-state index < -0.39 is 28.5 Å². The Bertz CT molecular complexity index is 1120. The predicted molar refractivity (Wildman–Crippen MR) is 141 cm³/mol. The van der Waals surface area contributed by atoms with Gasteiger partial charge in [-0.1, -0.05) is 56.8 Å². The van der Waals surface area contributed by atoms with Crippen molar-refractivity contribution in [2.45, 2.75) is 51.2 Å². The quantitative estimate of drug-likeness (QED) is 0.452. The molecule has 0 aliphatic heterocycles. The van der Waals surface area contributed by atoms with Gasteiger partial charge in [0, 0.05) is 21.5 Å². The van der Waals surface area contributed by atoms with Crippen molar-refractivity contribution in [1.29, 1.82) is 0 Å². The monoisotopic (exact) mass is 613 g/mol. The molecule has 1 saturated carbocycles. The molecule has 0 aromatic heterocycles. The van der Waals surface area contributed by atoms with E-state index in [1.165, 1.54) is 4.90 Å². The molecule has 2 aromatic carbocycles. The Balaban J connectivity index is 1.87. The third kappa shape index (κ3) is 7.29. The van der Waals surface area contributed by atoms with Crippen molar-refractivity contribution in [3.8, 4) is 0 Å². The number of nitrogens with zero attached hydrogens (tertiary/aromatic N) is 2. The standard InChI is InChI=1S/C24H29Br2N3O4S/c1-17(24(31)27-21-8-3-4-9-21)28(15-18-6-5-7-20(26)14-18)23(30)16-29(34(2,32)33)22-12-10-19(25)11-13-22/h5-7,10-14,17,21H,3-4,8-9,15-16H2,1-2H3,(H,27,31)/t17-/m1/s1. The number of rotatable bonds is 9. The fourth-order valence-electron chi connectivity index (χ4n) is 4.03. The molecule has 1 aliphatic rings. The van der Waals surface area contributed by atoms with Gasteiger partial charge in [0.15, 0.2) is 0 Å². The third-order valence-electron chi connectivity index (χ3n) is 5.90. The van der Waals surface area contributed by atoms with Gasteiger partial charge in [-0.2, -0.15) is 0 Å². The van der Waals surface area contributed by atoms with Crippen LogP contribution in [0.15, 0.2) is 57.5 Å². The molecule has 10 heteroatoms. The largest absolute Gasteiger partial charge is 0.352 e. The number of amides is 2. The van der Waals surface area contributed by atoms with E-state index in [2.05, 4.69) is 37.2 Å². The van der Waals surface area contributed by atoms with Gasteiger partial charge in [-0.15, -0.1) is 0 Å². The summed E-state index contributed by atoms with van der Waals surface area (Å²) in [6, 6.07) is 13.5. The third-order valence-corrected chi connectivity index (χ3v) is 8.07. The zero-order valence-corrected chi connectivity index (χ0v) is 23.2. The first-order valence-corrected chi connectivity index (χ1v) is 14.6. The van der Waals surface area contributed by atoms with Crippen LogP contribution in [0.4, 0.5) is 5.69 Å². The SMILES string of the molecule is C[C@H](C(=O)NC1CCCC1)N(Cc1cccc(Br)c1)C(=O)CN(c1ccc(Br)cc1)S(C)(=O)=O. The fourth-order valence-corrected chi connectivity index (χ4v) is 5.59. The van der Waals surface area contributed by atoms with E-state index in [1.54, 1.807) is 31.2 Å². The van der Waals surface area contributed by atoms with Gasteiger partial charge in [-0.05, 0) is 61.7 Å². The molecule has 0 saturated heterocycles. The Labute approximate surface area is 218 Å². The van der Waals surface area contributed by atoms with Gasteiger partial charge in [0.2, 0.25) is 21.8 Å². The molecule has 0 unspecified atom stereocenters. The van der Waals surface area contributed by atoms with Crippen molar-refractivity contribution in [2.24, 2.45) is 0 Å². The highest BCUT2D eigenvalue weighted by Gasteiger charge is 2.31. The number of anilines is 1. The lowest BCUT2D eigenvalue weighted by Gasteiger charge is -2.32. The molecule has 3 rings (SSSR count). The van der Waals surface area contributed by atoms with Crippen LogP contribution in [0, 0.1) is 0 Å². The van der Waals surface area contributed by atoms with E-state index >= 15 is 0 Å². The average molecular weight is 615 g/mol. The minimum atomic E-state index is -3.74. The summed E-state index contributed by atoms with van der Waals surface area (Å²) in [6.07, 6.45) is 5.09. The zero-order valence-electron chi connectivity index (χ0n) is 19.2. The molecule has 184 valence electrons. The molecule has 0 radical (unpaired) electrons. The fraction of sp³-hybridized carbons (Fsp3) is 0.417. The summed E-state index contributed by atoms with van der Waals surface area (Å²) in [5, 5.41) is 3.05. The predicted octanol–water partition coefficient (Wildman–Crippen LogP) is 4.45. The second kappa shape index (κ2) is 11.7. The first-order valence-electron chi connectivity index (χ1n) is 11.1. The molecule has 34 heavy (non-hydrogen) atoms. The zero-order chi connectivity index (χ0) is 24.9. The molecule has 0 bridgehead atoms. The first-order chi connectivity index (χ1) is 16.0. The Hall–Kier alpha value is -1.91. The summed E-state index contributed by atoms with van der Waals surface area (Å²) in [7, 11) is -3.74. The van der Waals surface area contributed by atoms with E-state index in [4.69, 9.17) is 0 Å². The molecule has 1 N–H and O–H groups in total. The van der Waals surface area contributed by atoms with Crippen LogP contribution < -0.4 is 9.62 Å². The number of carbonyl (C=O) groups excluding carboxylic acids is 2. The highest BCUT2D eigenvalue weighted by Crippen LogP contribution is 2.23. The van der Waals surface area contributed by atoms with Gasteiger partial charge >= 0.3 is 0 Å². The molecule has 0 heterocycles. The van der Waals surface area contributed by atoms with E-state index in [1.807, 2.05) is 24.3 Å². The Morgan fingerprint density at radius 2 is 1.71 bits per heavy atom. The lowest BCUT2D eigenvalue weighted by atomic mass is 10.1. The van der Waals surface area contributed by atoms with E-state index in [9.17, 15) is 18.0 Å². The first kappa shape index (κ1) is 26.7. The number of sulfonamides is 1. The van der Waals surface area contributed by atoms with Crippen molar-refractivity contribution < 1.29 is 18.0 Å². The molecule has 1 atom stereocenters. The van der Waals surface area contributed by atoms with Gasteiger partial charge in [-0.3, -0.25) is 13.9 Å². The molecular weight excluding hydrogens is 586 g/mol. The van der Waals surface area contributed by atoms with Crippen LogP contribution in [0.2, 0.25) is 0 Å². The number of benzene rings is 2. The minimum absolute atomic E-state index is 0.119. The van der Waals surface area contributed by atoms with Crippen LogP contribution in [0.25, 0.3) is 0 Å². The minimum Gasteiger partial charge on any atom is -0.352 e. The number of hydrogen-bond donors (Lipinski definition) is 1. The maximum absolute atomic E-state index is 13.5. The second-order valence-corrected chi connectivity index (χ2v) is 12.3.